The van der Waals surface area contributed by atoms with Gasteiger partial charge in [-0.25, -0.2) is 4.79 Å². The number of amides is 3. The van der Waals surface area contributed by atoms with Crippen molar-refractivity contribution >= 4 is 23.3 Å². The van der Waals surface area contributed by atoms with Gasteiger partial charge in [0.15, 0.2) is 0 Å². The van der Waals surface area contributed by atoms with Gasteiger partial charge < -0.3 is 20.3 Å². The number of carbonyl (C=O) groups is 2. The number of ether oxygens (including phenoxy) is 1. The molecule has 134 valence electrons. The van der Waals surface area contributed by atoms with Crippen LogP contribution in [-0.2, 0) is 4.79 Å². The highest BCUT2D eigenvalue weighted by molar-refractivity contribution is 6.01. The van der Waals surface area contributed by atoms with Crippen LogP contribution in [0, 0.1) is 0 Å². The topological polar surface area (TPSA) is 70.7 Å². The van der Waals surface area contributed by atoms with E-state index in [2.05, 4.69) is 10.6 Å². The van der Waals surface area contributed by atoms with E-state index in [-0.39, 0.29) is 18.0 Å². The average molecular weight is 351 g/mol. The molecule has 0 radical (unpaired) electrons. The van der Waals surface area contributed by atoms with Gasteiger partial charge in [0.05, 0.1) is 24.0 Å². The van der Waals surface area contributed by atoms with E-state index in [1.54, 1.807) is 4.90 Å². The lowest BCUT2D eigenvalue weighted by Gasteiger charge is -2.27. The van der Waals surface area contributed by atoms with Gasteiger partial charge in [0, 0.05) is 24.9 Å². The first-order chi connectivity index (χ1) is 12.7. The fourth-order valence-electron chi connectivity index (χ4n) is 3.53. The average Bonchev–Trinajstić information content (AvgIpc) is 3.08. The van der Waals surface area contributed by atoms with E-state index in [4.69, 9.17) is 4.74 Å². The third kappa shape index (κ3) is 3.22. The van der Waals surface area contributed by atoms with Crippen molar-refractivity contribution in [3.8, 4) is 5.75 Å². The molecule has 1 saturated heterocycles. The van der Waals surface area contributed by atoms with E-state index in [0.717, 1.165) is 29.8 Å². The quantitative estimate of drug-likeness (QED) is 0.890. The number of anilines is 2. The predicted molar refractivity (Wildman–Crippen MR) is 99.5 cm³/mol. The van der Waals surface area contributed by atoms with Crippen molar-refractivity contribution in [3.05, 3.63) is 54.1 Å². The maximum Gasteiger partial charge on any atom is 0.319 e. The Morgan fingerprint density at radius 1 is 1.12 bits per heavy atom. The summed E-state index contributed by atoms with van der Waals surface area (Å²) in [6.07, 6.45) is 2.12. The molecule has 0 bridgehead atoms. The largest absolute Gasteiger partial charge is 0.493 e. The summed E-state index contributed by atoms with van der Waals surface area (Å²) in [5.74, 6) is 0.908. The van der Waals surface area contributed by atoms with Gasteiger partial charge in [-0.05, 0) is 24.6 Å². The van der Waals surface area contributed by atoms with Crippen LogP contribution in [0.5, 0.6) is 5.75 Å². The van der Waals surface area contributed by atoms with Crippen molar-refractivity contribution < 1.29 is 14.3 Å². The molecule has 6 heteroatoms. The fourth-order valence-corrected chi connectivity index (χ4v) is 3.53. The Hall–Kier alpha value is -3.02. The molecule has 0 spiro atoms. The first-order valence-electron chi connectivity index (χ1n) is 8.91. The summed E-state index contributed by atoms with van der Waals surface area (Å²) in [5.41, 5.74) is 2.37. The summed E-state index contributed by atoms with van der Waals surface area (Å²) in [7, 11) is 0. The number of rotatable bonds is 3. The van der Waals surface area contributed by atoms with Crippen molar-refractivity contribution in [2.75, 3.05) is 23.4 Å². The van der Waals surface area contributed by atoms with Crippen LogP contribution >= 0.6 is 0 Å². The predicted octanol–water partition coefficient (Wildman–Crippen LogP) is 3.46. The molecule has 1 atom stereocenters. The Labute approximate surface area is 152 Å². The number of hydrogen-bond donors (Lipinski definition) is 2. The van der Waals surface area contributed by atoms with E-state index in [0.29, 0.717) is 25.3 Å². The second-order valence-electron chi connectivity index (χ2n) is 6.49. The molecule has 0 aliphatic carbocycles. The number of nitrogens with zero attached hydrogens (tertiary/aromatic N) is 1. The van der Waals surface area contributed by atoms with Gasteiger partial charge in [-0.2, -0.15) is 0 Å². The second-order valence-corrected chi connectivity index (χ2v) is 6.49. The molecule has 4 rings (SSSR count). The molecule has 1 unspecified atom stereocenters. The Morgan fingerprint density at radius 3 is 2.77 bits per heavy atom. The van der Waals surface area contributed by atoms with Gasteiger partial charge in [0.1, 0.15) is 5.75 Å². The lowest BCUT2D eigenvalue weighted by Crippen LogP contribution is -2.35. The van der Waals surface area contributed by atoms with Gasteiger partial charge in [-0.15, -0.1) is 0 Å². The van der Waals surface area contributed by atoms with Crippen LogP contribution < -0.4 is 20.3 Å². The molecule has 3 amide bonds. The Balaban J connectivity index is 1.49. The van der Waals surface area contributed by atoms with Gasteiger partial charge in [-0.1, -0.05) is 30.3 Å². The zero-order chi connectivity index (χ0) is 17.9. The zero-order valence-corrected chi connectivity index (χ0v) is 14.4. The van der Waals surface area contributed by atoms with Crippen LogP contribution in [0.2, 0.25) is 0 Å². The lowest BCUT2D eigenvalue weighted by molar-refractivity contribution is -0.117. The molecule has 2 aromatic rings. The van der Waals surface area contributed by atoms with Crippen LogP contribution in [0.25, 0.3) is 0 Å². The van der Waals surface area contributed by atoms with Crippen molar-refractivity contribution in [3.63, 3.8) is 0 Å². The van der Waals surface area contributed by atoms with Crippen LogP contribution in [0.1, 0.15) is 30.9 Å². The normalized spacial score (nSPS) is 18.8. The number of nitrogens with one attached hydrogen (secondary N) is 2. The molecule has 2 aliphatic rings. The van der Waals surface area contributed by atoms with Gasteiger partial charge in [0.25, 0.3) is 0 Å². The SMILES string of the molecule is O=C(Nc1ccccc1N1CCCC1=O)NC1CCOc2ccccc21. The molecule has 26 heavy (non-hydrogen) atoms. The third-order valence-corrected chi connectivity index (χ3v) is 4.78. The molecule has 2 aliphatic heterocycles. The molecule has 2 heterocycles. The molecular weight excluding hydrogens is 330 g/mol. The number of carbonyl (C=O) groups excluding carboxylic acids is 2. The smallest absolute Gasteiger partial charge is 0.319 e. The van der Waals surface area contributed by atoms with Crippen molar-refractivity contribution in [2.24, 2.45) is 0 Å². The maximum absolute atomic E-state index is 12.6. The highest BCUT2D eigenvalue weighted by Gasteiger charge is 2.25. The van der Waals surface area contributed by atoms with Crippen LogP contribution in [-0.4, -0.2) is 25.1 Å². The first-order valence-corrected chi connectivity index (χ1v) is 8.91. The van der Waals surface area contributed by atoms with Gasteiger partial charge >= 0.3 is 6.03 Å². The van der Waals surface area contributed by atoms with Crippen molar-refractivity contribution in [1.82, 2.24) is 5.32 Å². The molecule has 1 fully saturated rings. The van der Waals surface area contributed by atoms with Crippen LogP contribution in [0.15, 0.2) is 48.5 Å². The van der Waals surface area contributed by atoms with Crippen molar-refractivity contribution in [1.29, 1.82) is 0 Å². The monoisotopic (exact) mass is 351 g/mol. The minimum Gasteiger partial charge on any atom is -0.493 e. The lowest BCUT2D eigenvalue weighted by atomic mass is 10.0. The number of para-hydroxylation sites is 3. The molecule has 0 aromatic heterocycles. The standard InChI is InChI=1S/C20H21N3O3/c24-19-10-5-12-23(19)17-8-3-2-7-16(17)22-20(25)21-15-11-13-26-18-9-4-1-6-14(15)18/h1-4,6-9,15H,5,10-13H2,(H2,21,22,25). The minimum atomic E-state index is -0.286. The summed E-state index contributed by atoms with van der Waals surface area (Å²) >= 11 is 0. The summed E-state index contributed by atoms with van der Waals surface area (Å²) in [5, 5.41) is 5.92. The summed E-state index contributed by atoms with van der Waals surface area (Å²) in [6, 6.07) is 14.8. The number of urea groups is 1. The van der Waals surface area contributed by atoms with E-state index in [9.17, 15) is 9.59 Å². The van der Waals surface area contributed by atoms with Gasteiger partial charge in [0.2, 0.25) is 5.91 Å². The highest BCUT2D eigenvalue weighted by atomic mass is 16.5. The molecular formula is C20H21N3O3. The van der Waals surface area contributed by atoms with Crippen LogP contribution in [0.3, 0.4) is 0 Å². The van der Waals surface area contributed by atoms with E-state index >= 15 is 0 Å². The van der Waals surface area contributed by atoms with Gasteiger partial charge in [-0.3, -0.25) is 4.79 Å². The van der Waals surface area contributed by atoms with E-state index in [1.807, 2.05) is 48.5 Å². The summed E-state index contributed by atoms with van der Waals surface area (Å²) in [4.78, 5) is 26.4. The first kappa shape index (κ1) is 16.4. The van der Waals surface area contributed by atoms with Crippen LogP contribution in [0.4, 0.5) is 16.2 Å². The number of hydrogen-bond acceptors (Lipinski definition) is 3. The second kappa shape index (κ2) is 7.07. The third-order valence-electron chi connectivity index (χ3n) is 4.78. The maximum atomic E-state index is 12.6. The minimum absolute atomic E-state index is 0.0954. The number of benzene rings is 2. The number of fused-ring (bicyclic) bond motifs is 1. The molecule has 2 N–H and O–H groups in total. The van der Waals surface area contributed by atoms with E-state index < -0.39 is 0 Å². The molecule has 0 saturated carbocycles. The summed E-state index contributed by atoms with van der Waals surface area (Å²) < 4.78 is 5.64. The Kier molecular flexibility index (Phi) is 4.48. The van der Waals surface area contributed by atoms with Crippen molar-refractivity contribution in [2.45, 2.75) is 25.3 Å². The molecule has 2 aromatic carbocycles. The Morgan fingerprint density at radius 2 is 1.92 bits per heavy atom. The zero-order valence-electron chi connectivity index (χ0n) is 14.4. The molecule has 6 nitrogen and oxygen atoms in total. The van der Waals surface area contributed by atoms with E-state index in [1.165, 1.54) is 0 Å². The highest BCUT2D eigenvalue weighted by Crippen LogP contribution is 2.32. The summed E-state index contributed by atoms with van der Waals surface area (Å²) in [6.45, 7) is 1.26. The fraction of sp³-hybridized carbons (Fsp3) is 0.300. The Bertz CT molecular complexity index is 837.